The molecule has 1 aromatic heterocycles. The Hall–Kier alpha value is -1.99. The lowest BCUT2D eigenvalue weighted by Gasteiger charge is -2.21. The zero-order chi connectivity index (χ0) is 14.5. The molecule has 1 N–H and O–H groups in total. The molecule has 1 aromatic carbocycles. The van der Waals surface area contributed by atoms with Crippen molar-refractivity contribution in [1.82, 2.24) is 25.1 Å². The number of anilines is 1. The number of aliphatic hydroxyl groups excluding tert-OH is 1. The number of aromatic nitrogens is 4. The second kappa shape index (κ2) is 6.64. The van der Waals surface area contributed by atoms with Crippen molar-refractivity contribution in [1.29, 1.82) is 0 Å². The van der Waals surface area contributed by atoms with Crippen LogP contribution in [0.3, 0.4) is 0 Å². The van der Waals surface area contributed by atoms with Crippen molar-refractivity contribution >= 4 is 5.95 Å². The number of tetrazole rings is 1. The van der Waals surface area contributed by atoms with Gasteiger partial charge in [-0.15, -0.1) is 0 Å². The Morgan fingerprint density at radius 2 is 1.90 bits per heavy atom. The van der Waals surface area contributed by atoms with Crippen LogP contribution < -0.4 is 4.90 Å². The molecule has 1 saturated heterocycles. The molecule has 3 rings (SSSR count). The van der Waals surface area contributed by atoms with Crippen LogP contribution in [-0.2, 0) is 0 Å². The molecule has 0 bridgehead atoms. The summed E-state index contributed by atoms with van der Waals surface area (Å²) in [6.45, 7) is 4.66. The van der Waals surface area contributed by atoms with Gasteiger partial charge in [-0.25, -0.2) is 0 Å². The van der Waals surface area contributed by atoms with Crippen molar-refractivity contribution in [3.63, 3.8) is 0 Å². The lowest BCUT2D eigenvalue weighted by Crippen LogP contribution is -2.33. The molecule has 2 heterocycles. The highest BCUT2D eigenvalue weighted by atomic mass is 16.3. The fraction of sp³-hybridized carbons (Fsp3) is 0.500. The molecule has 0 atom stereocenters. The number of benzene rings is 1. The third kappa shape index (κ3) is 3.20. The van der Waals surface area contributed by atoms with Crippen molar-refractivity contribution in [2.24, 2.45) is 0 Å². The van der Waals surface area contributed by atoms with Crippen LogP contribution in [0.25, 0.3) is 5.69 Å². The van der Waals surface area contributed by atoms with E-state index in [9.17, 15) is 0 Å². The first-order chi connectivity index (χ1) is 10.4. The standard InChI is InChI=1S/C14H20N6O/c21-12-11-18-7-4-8-19(10-9-18)14-15-16-17-20(14)13-5-2-1-3-6-13/h1-3,5-6,21H,4,7-12H2. The van der Waals surface area contributed by atoms with Gasteiger partial charge >= 0.3 is 0 Å². The van der Waals surface area contributed by atoms with Crippen molar-refractivity contribution in [3.8, 4) is 5.69 Å². The first kappa shape index (κ1) is 14.0. The molecule has 1 aliphatic heterocycles. The maximum atomic E-state index is 9.06. The van der Waals surface area contributed by atoms with Crippen LogP contribution in [0.4, 0.5) is 5.95 Å². The highest BCUT2D eigenvalue weighted by Crippen LogP contribution is 2.16. The zero-order valence-corrected chi connectivity index (χ0v) is 12.0. The van der Waals surface area contributed by atoms with Crippen molar-refractivity contribution in [2.75, 3.05) is 44.2 Å². The molecule has 2 aromatic rings. The molecule has 7 heteroatoms. The molecule has 0 unspecified atom stereocenters. The van der Waals surface area contributed by atoms with E-state index in [0.29, 0.717) is 0 Å². The number of hydrogen-bond acceptors (Lipinski definition) is 6. The van der Waals surface area contributed by atoms with E-state index in [1.54, 1.807) is 4.68 Å². The average molecular weight is 288 g/mol. The fourth-order valence-corrected chi connectivity index (χ4v) is 2.65. The van der Waals surface area contributed by atoms with Gasteiger partial charge in [0.2, 0.25) is 5.95 Å². The quantitative estimate of drug-likeness (QED) is 0.864. The number of hydrogen-bond donors (Lipinski definition) is 1. The SMILES string of the molecule is OCCN1CCCN(c2nnnn2-c2ccccc2)CC1. The summed E-state index contributed by atoms with van der Waals surface area (Å²) in [6.07, 6.45) is 1.04. The number of aliphatic hydroxyl groups is 1. The first-order valence-corrected chi connectivity index (χ1v) is 7.30. The smallest absolute Gasteiger partial charge is 0.250 e. The monoisotopic (exact) mass is 288 g/mol. The minimum Gasteiger partial charge on any atom is -0.395 e. The Balaban J connectivity index is 1.77. The molecule has 1 fully saturated rings. The lowest BCUT2D eigenvalue weighted by molar-refractivity contribution is 0.204. The lowest BCUT2D eigenvalue weighted by atomic mass is 10.3. The molecule has 0 amide bonds. The van der Waals surface area contributed by atoms with Crippen LogP contribution >= 0.6 is 0 Å². The van der Waals surface area contributed by atoms with Crippen molar-refractivity contribution in [2.45, 2.75) is 6.42 Å². The Bertz CT molecular complexity index is 558. The van der Waals surface area contributed by atoms with Gasteiger partial charge in [0.25, 0.3) is 0 Å². The summed E-state index contributed by atoms with van der Waals surface area (Å²) >= 11 is 0. The number of rotatable bonds is 4. The summed E-state index contributed by atoms with van der Waals surface area (Å²) in [4.78, 5) is 4.49. The summed E-state index contributed by atoms with van der Waals surface area (Å²) in [5, 5.41) is 21.2. The second-order valence-electron chi connectivity index (χ2n) is 5.13. The van der Waals surface area contributed by atoms with Gasteiger partial charge < -0.3 is 10.0 Å². The molecule has 112 valence electrons. The van der Waals surface area contributed by atoms with E-state index in [1.807, 2.05) is 30.3 Å². The first-order valence-electron chi connectivity index (χ1n) is 7.30. The van der Waals surface area contributed by atoms with E-state index in [0.717, 1.165) is 50.8 Å². The number of β-amino-alcohol motifs (C(OH)–C–C–N with tert-alkyl or cyclic N) is 1. The van der Waals surface area contributed by atoms with Crippen molar-refractivity contribution in [3.05, 3.63) is 30.3 Å². The van der Waals surface area contributed by atoms with Crippen molar-refractivity contribution < 1.29 is 5.11 Å². The third-order valence-corrected chi connectivity index (χ3v) is 3.74. The van der Waals surface area contributed by atoms with Crippen LogP contribution in [0.5, 0.6) is 0 Å². The van der Waals surface area contributed by atoms with Crippen LogP contribution in [0.2, 0.25) is 0 Å². The topological polar surface area (TPSA) is 70.3 Å². The summed E-state index contributed by atoms with van der Waals surface area (Å²) in [6, 6.07) is 9.93. The average Bonchev–Trinajstić information content (AvgIpc) is 2.90. The van der Waals surface area contributed by atoms with Crippen LogP contribution in [0.15, 0.2) is 30.3 Å². The summed E-state index contributed by atoms with van der Waals surface area (Å²) < 4.78 is 1.78. The highest BCUT2D eigenvalue weighted by molar-refractivity contribution is 5.40. The molecule has 0 radical (unpaired) electrons. The van der Waals surface area contributed by atoms with Gasteiger partial charge in [-0.2, -0.15) is 4.68 Å². The van der Waals surface area contributed by atoms with Crippen LogP contribution in [0.1, 0.15) is 6.42 Å². The number of para-hydroxylation sites is 1. The van der Waals surface area contributed by atoms with Gasteiger partial charge in [-0.1, -0.05) is 23.3 Å². The highest BCUT2D eigenvalue weighted by Gasteiger charge is 2.20. The molecule has 0 spiro atoms. The summed E-state index contributed by atoms with van der Waals surface area (Å²) in [7, 11) is 0. The third-order valence-electron chi connectivity index (χ3n) is 3.74. The maximum Gasteiger partial charge on any atom is 0.250 e. The van der Waals surface area contributed by atoms with E-state index in [2.05, 4.69) is 25.3 Å². The van der Waals surface area contributed by atoms with Gasteiger partial charge in [-0.3, -0.25) is 4.90 Å². The number of nitrogens with zero attached hydrogens (tertiary/aromatic N) is 6. The second-order valence-corrected chi connectivity index (χ2v) is 5.13. The summed E-state index contributed by atoms with van der Waals surface area (Å²) in [5.74, 6) is 0.784. The van der Waals surface area contributed by atoms with Gasteiger partial charge in [0.1, 0.15) is 0 Å². The summed E-state index contributed by atoms with van der Waals surface area (Å²) in [5.41, 5.74) is 0.967. The van der Waals surface area contributed by atoms with Gasteiger partial charge in [-0.05, 0) is 35.5 Å². The van der Waals surface area contributed by atoms with E-state index >= 15 is 0 Å². The molecule has 1 aliphatic rings. The van der Waals surface area contributed by atoms with E-state index in [1.165, 1.54) is 0 Å². The molecular weight excluding hydrogens is 268 g/mol. The van der Waals surface area contributed by atoms with Gasteiger partial charge in [0, 0.05) is 26.2 Å². The molecule has 7 nitrogen and oxygen atoms in total. The Morgan fingerprint density at radius 3 is 2.71 bits per heavy atom. The predicted octanol–water partition coefficient (Wildman–Crippen LogP) is 0.167. The molecular formula is C14H20N6O. The molecule has 0 aliphatic carbocycles. The van der Waals surface area contributed by atoms with E-state index in [4.69, 9.17) is 5.11 Å². The van der Waals surface area contributed by atoms with Crippen LogP contribution in [-0.4, -0.2) is 69.5 Å². The molecule has 0 saturated carbocycles. The Kier molecular flexibility index (Phi) is 4.42. The van der Waals surface area contributed by atoms with Crippen LogP contribution in [0, 0.1) is 0 Å². The zero-order valence-electron chi connectivity index (χ0n) is 12.0. The Labute approximate surface area is 123 Å². The minimum atomic E-state index is 0.210. The Morgan fingerprint density at radius 1 is 1.05 bits per heavy atom. The molecule has 21 heavy (non-hydrogen) atoms. The fourth-order valence-electron chi connectivity index (χ4n) is 2.65. The largest absolute Gasteiger partial charge is 0.395 e. The minimum absolute atomic E-state index is 0.210. The predicted molar refractivity (Wildman–Crippen MR) is 79.5 cm³/mol. The van der Waals surface area contributed by atoms with E-state index < -0.39 is 0 Å². The maximum absolute atomic E-state index is 9.06. The van der Waals surface area contributed by atoms with Gasteiger partial charge in [0.05, 0.1) is 12.3 Å². The normalized spacial score (nSPS) is 16.9. The van der Waals surface area contributed by atoms with Gasteiger partial charge in [0.15, 0.2) is 0 Å². The van der Waals surface area contributed by atoms with E-state index in [-0.39, 0.29) is 6.61 Å².